The number of carboxylic acids is 1. The molecule has 2 saturated heterocycles. The predicted molar refractivity (Wildman–Crippen MR) is 106 cm³/mol. The van der Waals surface area contributed by atoms with Crippen LogP contribution in [0.4, 0.5) is 13.2 Å². The van der Waals surface area contributed by atoms with Gasteiger partial charge in [0.15, 0.2) is 11.3 Å². The van der Waals surface area contributed by atoms with Gasteiger partial charge in [-0.2, -0.15) is 13.2 Å². The molecule has 2 aromatic rings. The number of carbonyl (C=O) groups is 3. The monoisotopic (exact) mass is 521 g/mol. The zero-order chi connectivity index (χ0) is 23.5. The van der Waals surface area contributed by atoms with E-state index >= 15 is 0 Å². The first-order valence-electron chi connectivity index (χ1n) is 9.51. The number of fused-ring (bicyclic) bond motifs is 1. The number of carbonyl (C=O) groups excluding carboxylic acids is 2. The standard InChI is InChI=1S/C16H18BrN5O3.C2HF3O2/c17-11-9-20-13-12(19-5-6-22(11)13)14(23)21-8-10-7-16(15(24)25-10)1-3-18-4-2-16;3-2(4,5)1(6)7/h5-6,9-10,18H,1-4,7-8H2,(H,21,23);(H,6,7). The molecule has 0 radical (unpaired) electrons. The first-order valence-corrected chi connectivity index (χ1v) is 10.3. The molecule has 1 atom stereocenters. The van der Waals surface area contributed by atoms with Gasteiger partial charge in [-0.05, 0) is 41.9 Å². The minimum absolute atomic E-state index is 0.134. The van der Waals surface area contributed by atoms with Crippen molar-refractivity contribution in [3.8, 4) is 0 Å². The van der Waals surface area contributed by atoms with Crippen molar-refractivity contribution in [1.82, 2.24) is 25.0 Å². The van der Waals surface area contributed by atoms with E-state index < -0.39 is 12.1 Å². The van der Waals surface area contributed by atoms with Gasteiger partial charge < -0.3 is 20.5 Å². The Morgan fingerprint density at radius 1 is 1.34 bits per heavy atom. The Kier molecular flexibility index (Phi) is 7.03. The summed E-state index contributed by atoms with van der Waals surface area (Å²) in [5, 5.41) is 13.2. The van der Waals surface area contributed by atoms with Crippen molar-refractivity contribution >= 4 is 39.4 Å². The molecule has 0 saturated carbocycles. The molecule has 4 rings (SSSR count). The Morgan fingerprint density at radius 3 is 2.62 bits per heavy atom. The number of ether oxygens (including phenoxy) is 1. The van der Waals surface area contributed by atoms with Crippen LogP contribution in [0.15, 0.2) is 23.2 Å². The van der Waals surface area contributed by atoms with Crippen LogP contribution >= 0.6 is 15.9 Å². The van der Waals surface area contributed by atoms with E-state index in [9.17, 15) is 22.8 Å². The van der Waals surface area contributed by atoms with Crippen LogP contribution < -0.4 is 10.6 Å². The third-order valence-corrected chi connectivity index (χ3v) is 5.80. The maximum absolute atomic E-state index is 12.5. The summed E-state index contributed by atoms with van der Waals surface area (Å²) in [5.41, 5.74) is 0.339. The molecular formula is C18H19BrF3N5O5. The van der Waals surface area contributed by atoms with Gasteiger partial charge in [0, 0.05) is 18.8 Å². The summed E-state index contributed by atoms with van der Waals surface area (Å²) in [4.78, 5) is 42.0. The summed E-state index contributed by atoms with van der Waals surface area (Å²) in [5.74, 6) is -3.22. The molecule has 10 nitrogen and oxygen atoms in total. The van der Waals surface area contributed by atoms with Crippen molar-refractivity contribution < 1.29 is 37.4 Å². The number of aromatic nitrogens is 3. The van der Waals surface area contributed by atoms with Crippen molar-refractivity contribution in [2.75, 3.05) is 19.6 Å². The van der Waals surface area contributed by atoms with Crippen LogP contribution in [0.3, 0.4) is 0 Å². The van der Waals surface area contributed by atoms with Crippen molar-refractivity contribution in [1.29, 1.82) is 0 Å². The van der Waals surface area contributed by atoms with Crippen molar-refractivity contribution in [3.05, 3.63) is 28.9 Å². The lowest BCUT2D eigenvalue weighted by Crippen LogP contribution is -2.39. The first kappa shape index (κ1) is 23.9. The minimum atomic E-state index is -5.08. The second-order valence-electron chi connectivity index (χ2n) is 7.33. The molecule has 1 spiro atoms. The van der Waals surface area contributed by atoms with Gasteiger partial charge >= 0.3 is 18.1 Å². The van der Waals surface area contributed by atoms with E-state index in [1.165, 1.54) is 0 Å². The third kappa shape index (κ3) is 5.18. The normalized spacial score (nSPS) is 19.9. The molecule has 0 aliphatic carbocycles. The van der Waals surface area contributed by atoms with Crippen LogP contribution in [0.5, 0.6) is 0 Å². The number of carboxylic acid groups (broad SMARTS) is 1. The highest BCUT2D eigenvalue weighted by atomic mass is 79.9. The van der Waals surface area contributed by atoms with Gasteiger partial charge in [0.1, 0.15) is 10.7 Å². The average Bonchev–Trinajstić information content (AvgIpc) is 3.26. The summed E-state index contributed by atoms with van der Waals surface area (Å²) >= 11 is 3.37. The van der Waals surface area contributed by atoms with Gasteiger partial charge in [-0.25, -0.2) is 14.8 Å². The van der Waals surface area contributed by atoms with E-state index in [1.807, 2.05) is 0 Å². The number of amides is 1. The third-order valence-electron chi connectivity index (χ3n) is 5.22. The Balaban J connectivity index is 0.000000360. The molecule has 2 aromatic heterocycles. The summed E-state index contributed by atoms with van der Waals surface area (Å²) in [6, 6.07) is 0. The van der Waals surface area contributed by atoms with Crippen LogP contribution in [0.1, 0.15) is 29.8 Å². The maximum Gasteiger partial charge on any atom is 0.490 e. The van der Waals surface area contributed by atoms with Gasteiger partial charge in [-0.1, -0.05) is 0 Å². The molecule has 2 fully saturated rings. The number of cyclic esters (lactones) is 1. The molecule has 1 amide bonds. The molecule has 0 bridgehead atoms. The number of hydrogen-bond acceptors (Lipinski definition) is 7. The van der Waals surface area contributed by atoms with Crippen molar-refractivity contribution in [2.24, 2.45) is 5.41 Å². The van der Waals surface area contributed by atoms with Crippen LogP contribution in [0.25, 0.3) is 5.65 Å². The number of hydrogen-bond donors (Lipinski definition) is 3. The van der Waals surface area contributed by atoms with Gasteiger partial charge in [-0.15, -0.1) is 0 Å². The van der Waals surface area contributed by atoms with Gasteiger partial charge in [0.05, 0.1) is 18.2 Å². The topological polar surface area (TPSA) is 135 Å². The number of nitrogens with zero attached hydrogens (tertiary/aromatic N) is 3. The molecule has 1 unspecified atom stereocenters. The maximum atomic E-state index is 12.5. The highest BCUT2D eigenvalue weighted by Gasteiger charge is 2.49. The lowest BCUT2D eigenvalue weighted by atomic mass is 9.76. The number of esters is 1. The Bertz CT molecular complexity index is 1020. The summed E-state index contributed by atoms with van der Waals surface area (Å²) in [7, 11) is 0. The van der Waals surface area contributed by atoms with Gasteiger partial charge in [0.2, 0.25) is 0 Å². The molecule has 32 heavy (non-hydrogen) atoms. The second kappa shape index (κ2) is 9.40. The van der Waals surface area contributed by atoms with E-state index in [1.54, 1.807) is 23.0 Å². The van der Waals surface area contributed by atoms with E-state index in [0.29, 0.717) is 12.1 Å². The number of imidazole rings is 1. The number of alkyl halides is 3. The zero-order valence-electron chi connectivity index (χ0n) is 16.5. The fourth-order valence-electron chi connectivity index (χ4n) is 3.60. The van der Waals surface area contributed by atoms with E-state index in [2.05, 4.69) is 36.5 Å². The molecular weight excluding hydrogens is 503 g/mol. The van der Waals surface area contributed by atoms with Gasteiger partial charge in [-0.3, -0.25) is 14.0 Å². The van der Waals surface area contributed by atoms with E-state index in [0.717, 1.165) is 30.5 Å². The molecule has 2 aliphatic heterocycles. The average molecular weight is 522 g/mol. The number of rotatable bonds is 3. The van der Waals surface area contributed by atoms with Crippen molar-refractivity contribution in [3.63, 3.8) is 0 Å². The Morgan fingerprint density at radius 2 is 2.00 bits per heavy atom. The largest absolute Gasteiger partial charge is 0.490 e. The van der Waals surface area contributed by atoms with E-state index in [4.69, 9.17) is 14.6 Å². The van der Waals surface area contributed by atoms with Gasteiger partial charge in [0.25, 0.3) is 5.91 Å². The smallest absolute Gasteiger partial charge is 0.475 e. The Hall–Kier alpha value is -2.74. The summed E-state index contributed by atoms with van der Waals surface area (Å²) in [6.07, 6.45) is 1.75. The molecule has 2 aliphatic rings. The summed E-state index contributed by atoms with van der Waals surface area (Å²) < 4.78 is 39.7. The van der Waals surface area contributed by atoms with Crippen molar-refractivity contribution in [2.45, 2.75) is 31.5 Å². The fraction of sp³-hybridized carbons (Fsp3) is 0.500. The second-order valence-corrected chi connectivity index (χ2v) is 8.14. The SMILES string of the molecule is O=C(NCC1CC2(CCNCC2)C(=O)O1)c1nccn2c(Br)cnc12.O=C(O)C(F)(F)F. The van der Waals surface area contributed by atoms with Crippen LogP contribution in [-0.4, -0.2) is 69.2 Å². The lowest BCUT2D eigenvalue weighted by Gasteiger charge is -2.29. The fourth-order valence-corrected chi connectivity index (χ4v) is 3.99. The highest BCUT2D eigenvalue weighted by molar-refractivity contribution is 9.10. The number of piperidine rings is 1. The summed E-state index contributed by atoms with van der Waals surface area (Å²) in [6.45, 7) is 1.94. The quantitative estimate of drug-likeness (QED) is 0.517. The van der Waals surface area contributed by atoms with E-state index in [-0.39, 0.29) is 35.6 Å². The highest BCUT2D eigenvalue weighted by Crippen LogP contribution is 2.41. The number of nitrogens with one attached hydrogen (secondary N) is 2. The molecule has 0 aromatic carbocycles. The molecule has 14 heteroatoms. The van der Waals surface area contributed by atoms with Crippen LogP contribution in [0.2, 0.25) is 0 Å². The molecule has 4 heterocycles. The minimum Gasteiger partial charge on any atom is -0.475 e. The van der Waals surface area contributed by atoms with Crippen LogP contribution in [0, 0.1) is 5.41 Å². The molecule has 3 N–H and O–H groups in total. The Labute approximate surface area is 187 Å². The first-order chi connectivity index (χ1) is 15.0. The lowest BCUT2D eigenvalue weighted by molar-refractivity contribution is -0.192. The van der Waals surface area contributed by atoms with Crippen LogP contribution in [-0.2, 0) is 14.3 Å². The predicted octanol–water partition coefficient (Wildman–Crippen LogP) is 1.54. The number of halogens is 4. The molecule has 174 valence electrons. The zero-order valence-corrected chi connectivity index (χ0v) is 18.1. The number of aliphatic carboxylic acids is 1.